The summed E-state index contributed by atoms with van der Waals surface area (Å²) in [4.78, 5) is 0. The Labute approximate surface area is 108 Å². The second-order valence-corrected chi connectivity index (χ2v) is 4.64. The van der Waals surface area contributed by atoms with E-state index in [1.54, 1.807) is 0 Å². The van der Waals surface area contributed by atoms with Crippen molar-refractivity contribution in [1.29, 1.82) is 0 Å². The summed E-state index contributed by atoms with van der Waals surface area (Å²) in [7, 11) is 0. The zero-order valence-corrected chi connectivity index (χ0v) is 10.3. The highest BCUT2D eigenvalue weighted by molar-refractivity contribution is 5.30. The molecule has 0 bridgehead atoms. The van der Waals surface area contributed by atoms with Crippen molar-refractivity contribution in [2.75, 3.05) is 6.54 Å². The average Bonchev–Trinajstić information content (AvgIpc) is 2.37. The maximum atomic E-state index is 5.76. The molecule has 1 N–H and O–H groups in total. The van der Waals surface area contributed by atoms with Crippen molar-refractivity contribution < 1.29 is 4.74 Å². The Morgan fingerprint density at radius 3 is 2.33 bits per heavy atom. The van der Waals surface area contributed by atoms with Crippen LogP contribution in [0.25, 0.3) is 0 Å². The molecule has 3 rings (SSSR count). The lowest BCUT2D eigenvalue weighted by Gasteiger charge is -2.28. The van der Waals surface area contributed by atoms with Crippen LogP contribution in [-0.2, 0) is 6.61 Å². The Bertz CT molecular complexity index is 488. The number of nitrogens with one attached hydrogen (secondary N) is 1. The van der Waals surface area contributed by atoms with Gasteiger partial charge >= 0.3 is 0 Å². The number of rotatable bonds is 4. The number of ether oxygens (including phenoxy) is 1. The molecule has 1 saturated heterocycles. The van der Waals surface area contributed by atoms with Gasteiger partial charge in [-0.05, 0) is 36.2 Å². The van der Waals surface area contributed by atoms with Gasteiger partial charge in [-0.25, -0.2) is 0 Å². The Morgan fingerprint density at radius 2 is 1.72 bits per heavy atom. The lowest BCUT2D eigenvalue weighted by atomic mass is 9.98. The highest BCUT2D eigenvalue weighted by Gasteiger charge is 2.17. The van der Waals surface area contributed by atoms with Gasteiger partial charge in [0.1, 0.15) is 12.4 Å². The van der Waals surface area contributed by atoms with Gasteiger partial charge in [0.05, 0.1) is 0 Å². The minimum absolute atomic E-state index is 0.549. The summed E-state index contributed by atoms with van der Waals surface area (Å²) >= 11 is 0. The van der Waals surface area contributed by atoms with E-state index in [9.17, 15) is 0 Å². The van der Waals surface area contributed by atoms with Crippen molar-refractivity contribution in [1.82, 2.24) is 5.32 Å². The van der Waals surface area contributed by atoms with Crippen LogP contribution < -0.4 is 10.1 Å². The van der Waals surface area contributed by atoms with Gasteiger partial charge < -0.3 is 10.1 Å². The van der Waals surface area contributed by atoms with Crippen LogP contribution in [0.3, 0.4) is 0 Å². The zero-order valence-electron chi connectivity index (χ0n) is 10.3. The predicted molar refractivity (Wildman–Crippen MR) is 72.6 cm³/mol. The summed E-state index contributed by atoms with van der Waals surface area (Å²) in [6.07, 6.45) is 1.24. The summed E-state index contributed by atoms with van der Waals surface area (Å²) < 4.78 is 5.76. The molecule has 1 fully saturated rings. The van der Waals surface area contributed by atoms with E-state index in [2.05, 4.69) is 41.7 Å². The predicted octanol–water partition coefficient (Wildman–Crippen LogP) is 3.30. The summed E-state index contributed by atoms with van der Waals surface area (Å²) in [5.74, 6) is 0.932. The van der Waals surface area contributed by atoms with Crippen LogP contribution in [0.2, 0.25) is 0 Å². The van der Waals surface area contributed by atoms with Gasteiger partial charge in [0.15, 0.2) is 0 Å². The van der Waals surface area contributed by atoms with E-state index in [1.807, 2.05) is 18.2 Å². The molecule has 0 aromatic heterocycles. The van der Waals surface area contributed by atoms with Gasteiger partial charge in [0.25, 0.3) is 0 Å². The fourth-order valence-corrected chi connectivity index (χ4v) is 2.11. The molecule has 1 heterocycles. The van der Waals surface area contributed by atoms with E-state index in [1.165, 1.54) is 17.5 Å². The zero-order chi connectivity index (χ0) is 12.2. The van der Waals surface area contributed by atoms with Crippen molar-refractivity contribution in [3.8, 4) is 5.75 Å². The number of hydrogen-bond acceptors (Lipinski definition) is 2. The quantitative estimate of drug-likeness (QED) is 0.884. The molecule has 1 aliphatic heterocycles. The second kappa shape index (κ2) is 5.23. The fraction of sp³-hybridized carbons (Fsp3) is 0.250. The van der Waals surface area contributed by atoms with Gasteiger partial charge in [-0.3, -0.25) is 0 Å². The molecule has 0 amide bonds. The molecule has 2 heteroatoms. The third-order valence-electron chi connectivity index (χ3n) is 3.35. The van der Waals surface area contributed by atoms with Crippen LogP contribution in [0, 0.1) is 0 Å². The van der Waals surface area contributed by atoms with E-state index >= 15 is 0 Å². The molecular formula is C16H17NO. The second-order valence-electron chi connectivity index (χ2n) is 4.64. The SMILES string of the molecule is c1ccc(COc2ccc(C3CCN3)cc2)cc1. The lowest BCUT2D eigenvalue weighted by molar-refractivity contribution is 0.305. The molecule has 92 valence electrons. The highest BCUT2D eigenvalue weighted by Crippen LogP contribution is 2.24. The van der Waals surface area contributed by atoms with Crippen molar-refractivity contribution in [3.05, 3.63) is 65.7 Å². The molecule has 1 unspecified atom stereocenters. The van der Waals surface area contributed by atoms with Gasteiger partial charge in [-0.15, -0.1) is 0 Å². The van der Waals surface area contributed by atoms with Gasteiger partial charge in [0, 0.05) is 6.04 Å². The van der Waals surface area contributed by atoms with Crippen LogP contribution in [0.1, 0.15) is 23.6 Å². The van der Waals surface area contributed by atoms with Gasteiger partial charge in [0.2, 0.25) is 0 Å². The van der Waals surface area contributed by atoms with E-state index in [4.69, 9.17) is 4.74 Å². The maximum Gasteiger partial charge on any atom is 0.119 e. The first-order chi connectivity index (χ1) is 8.92. The molecule has 2 aromatic carbocycles. The standard InChI is InChI=1S/C16H17NO/c1-2-4-13(5-3-1)12-18-15-8-6-14(7-9-15)16-10-11-17-16/h1-9,16-17H,10-12H2. The molecule has 18 heavy (non-hydrogen) atoms. The molecule has 0 spiro atoms. The van der Waals surface area contributed by atoms with Crippen molar-refractivity contribution in [2.45, 2.75) is 19.1 Å². The minimum atomic E-state index is 0.549. The molecule has 0 saturated carbocycles. The first-order valence-corrected chi connectivity index (χ1v) is 6.42. The van der Waals surface area contributed by atoms with Gasteiger partial charge in [-0.2, -0.15) is 0 Å². The molecule has 1 aliphatic rings. The van der Waals surface area contributed by atoms with Crippen molar-refractivity contribution in [3.63, 3.8) is 0 Å². The first kappa shape index (κ1) is 11.3. The minimum Gasteiger partial charge on any atom is -0.489 e. The Hall–Kier alpha value is -1.80. The fourth-order valence-electron chi connectivity index (χ4n) is 2.11. The molecule has 0 radical (unpaired) electrons. The average molecular weight is 239 g/mol. The van der Waals surface area contributed by atoms with Crippen LogP contribution in [-0.4, -0.2) is 6.54 Å². The third kappa shape index (κ3) is 2.54. The number of benzene rings is 2. The van der Waals surface area contributed by atoms with Crippen LogP contribution in [0.5, 0.6) is 5.75 Å². The van der Waals surface area contributed by atoms with E-state index in [0.29, 0.717) is 12.6 Å². The summed E-state index contributed by atoms with van der Waals surface area (Å²) in [6, 6.07) is 19.2. The molecular weight excluding hydrogens is 222 g/mol. The Balaban J connectivity index is 1.59. The summed E-state index contributed by atoms with van der Waals surface area (Å²) in [5, 5.41) is 3.40. The van der Waals surface area contributed by atoms with Crippen molar-refractivity contribution >= 4 is 0 Å². The van der Waals surface area contributed by atoms with E-state index in [0.717, 1.165) is 12.3 Å². The summed E-state index contributed by atoms with van der Waals surface area (Å²) in [6.45, 7) is 1.76. The molecule has 0 aliphatic carbocycles. The topological polar surface area (TPSA) is 21.3 Å². The summed E-state index contributed by atoms with van der Waals surface area (Å²) in [5.41, 5.74) is 2.55. The van der Waals surface area contributed by atoms with Crippen LogP contribution in [0.4, 0.5) is 0 Å². The molecule has 1 atom stereocenters. The molecule has 2 aromatic rings. The van der Waals surface area contributed by atoms with E-state index in [-0.39, 0.29) is 0 Å². The first-order valence-electron chi connectivity index (χ1n) is 6.42. The molecule has 2 nitrogen and oxygen atoms in total. The number of hydrogen-bond donors (Lipinski definition) is 1. The largest absolute Gasteiger partial charge is 0.489 e. The van der Waals surface area contributed by atoms with Crippen LogP contribution in [0.15, 0.2) is 54.6 Å². The smallest absolute Gasteiger partial charge is 0.119 e. The Morgan fingerprint density at radius 1 is 1.00 bits per heavy atom. The van der Waals surface area contributed by atoms with Crippen molar-refractivity contribution in [2.24, 2.45) is 0 Å². The van der Waals surface area contributed by atoms with Gasteiger partial charge in [-0.1, -0.05) is 42.5 Å². The monoisotopic (exact) mass is 239 g/mol. The van der Waals surface area contributed by atoms with Crippen LogP contribution >= 0.6 is 0 Å². The Kier molecular flexibility index (Phi) is 3.29. The lowest BCUT2D eigenvalue weighted by Crippen LogP contribution is -2.34. The highest BCUT2D eigenvalue weighted by atomic mass is 16.5. The maximum absolute atomic E-state index is 5.76. The third-order valence-corrected chi connectivity index (χ3v) is 3.35. The van der Waals surface area contributed by atoms with E-state index < -0.39 is 0 Å². The normalized spacial score (nSPS) is 18.1.